The van der Waals surface area contributed by atoms with Crippen molar-refractivity contribution in [1.29, 1.82) is 0 Å². The summed E-state index contributed by atoms with van der Waals surface area (Å²) in [5, 5.41) is 10.9. The van der Waals surface area contributed by atoms with E-state index in [0.717, 1.165) is 0 Å². The Kier molecular flexibility index (Phi) is 7.74. The second kappa shape index (κ2) is 12.8. The van der Waals surface area contributed by atoms with Gasteiger partial charge in [-0.25, -0.2) is 0 Å². The minimum absolute atomic E-state index is 0.0491. The van der Waals surface area contributed by atoms with Crippen LogP contribution in [0.5, 0.6) is 0 Å². The van der Waals surface area contributed by atoms with E-state index in [0.29, 0.717) is 0 Å². The zero-order valence-corrected chi connectivity index (χ0v) is 35.7. The third kappa shape index (κ3) is 5.24. The number of aromatic nitrogens is 2. The van der Waals surface area contributed by atoms with Gasteiger partial charge in [0.2, 0.25) is 0 Å². The molecule has 0 saturated heterocycles. The molecule has 0 saturated carbocycles. The van der Waals surface area contributed by atoms with Crippen molar-refractivity contribution in [2.45, 2.75) is 52.4 Å². The number of fused-ring (bicyclic) bond motifs is 8. The molecule has 2 nitrogen and oxygen atoms in total. The van der Waals surface area contributed by atoms with Crippen LogP contribution in [0.4, 0.5) is 0 Å². The zero-order chi connectivity index (χ0) is 40.3. The Morgan fingerprint density at radius 2 is 0.881 bits per heavy atom. The SMILES string of the molecule is CC(C)(C)c1ccc2c(c1)c1cc(C(C)(C)C)ccc1n2-c1ccc2c(c1)c1cccc3c1n2-c1ccccc1[Si]3(c1ccccc1)c1ccc(-c2ccccc2)cc1. The highest BCUT2D eigenvalue weighted by Gasteiger charge is 2.47. The molecule has 3 heterocycles. The Morgan fingerprint density at radius 3 is 1.53 bits per heavy atom. The molecule has 286 valence electrons. The minimum Gasteiger partial charge on any atom is -0.309 e. The highest BCUT2D eigenvalue weighted by Crippen LogP contribution is 2.40. The Bertz CT molecular complexity index is 3190. The van der Waals surface area contributed by atoms with Crippen LogP contribution < -0.4 is 20.7 Å². The predicted octanol–water partition coefficient (Wildman–Crippen LogP) is 11.8. The Labute approximate surface area is 348 Å². The van der Waals surface area contributed by atoms with Gasteiger partial charge in [0.1, 0.15) is 0 Å². The van der Waals surface area contributed by atoms with Crippen molar-refractivity contribution >= 4 is 72.4 Å². The lowest BCUT2D eigenvalue weighted by Gasteiger charge is -2.39. The molecule has 0 aliphatic carbocycles. The fourth-order valence-electron chi connectivity index (χ4n) is 10.1. The minimum atomic E-state index is -2.80. The van der Waals surface area contributed by atoms with Crippen molar-refractivity contribution in [2.75, 3.05) is 0 Å². The van der Waals surface area contributed by atoms with E-state index >= 15 is 0 Å². The summed E-state index contributed by atoms with van der Waals surface area (Å²) in [7, 11) is -2.80. The van der Waals surface area contributed by atoms with E-state index < -0.39 is 8.07 Å². The first-order valence-electron chi connectivity index (χ1n) is 21.0. The second-order valence-corrected chi connectivity index (χ2v) is 22.3. The van der Waals surface area contributed by atoms with Crippen LogP contribution in [-0.4, -0.2) is 17.2 Å². The predicted molar refractivity (Wildman–Crippen MR) is 255 cm³/mol. The van der Waals surface area contributed by atoms with E-state index in [1.807, 2.05) is 0 Å². The lowest BCUT2D eigenvalue weighted by Crippen LogP contribution is -2.76. The van der Waals surface area contributed by atoms with Crippen LogP contribution in [0.25, 0.3) is 66.1 Å². The number of hydrogen-bond donors (Lipinski definition) is 0. The zero-order valence-electron chi connectivity index (χ0n) is 34.7. The van der Waals surface area contributed by atoms with Gasteiger partial charge in [0, 0.05) is 32.9 Å². The molecule has 0 spiro atoms. The Balaban J connectivity index is 1.20. The van der Waals surface area contributed by atoms with Gasteiger partial charge in [-0.15, -0.1) is 0 Å². The van der Waals surface area contributed by atoms with E-state index in [2.05, 4.69) is 233 Å². The first-order valence-corrected chi connectivity index (χ1v) is 23.0. The lowest BCUT2D eigenvalue weighted by molar-refractivity contribution is 0.590. The van der Waals surface area contributed by atoms with Crippen LogP contribution in [0.2, 0.25) is 0 Å². The molecule has 1 unspecified atom stereocenters. The highest BCUT2D eigenvalue weighted by atomic mass is 28.3. The summed E-state index contributed by atoms with van der Waals surface area (Å²) >= 11 is 0. The topological polar surface area (TPSA) is 9.86 Å². The summed E-state index contributed by atoms with van der Waals surface area (Å²) in [4.78, 5) is 0. The lowest BCUT2D eigenvalue weighted by atomic mass is 9.85. The summed E-state index contributed by atoms with van der Waals surface area (Å²) in [6.45, 7) is 13.9. The molecule has 0 radical (unpaired) electrons. The fourth-order valence-corrected chi connectivity index (χ4v) is 15.2. The van der Waals surface area contributed by atoms with Crippen molar-refractivity contribution in [1.82, 2.24) is 9.13 Å². The number of para-hydroxylation sites is 2. The fraction of sp³-hybridized carbons (Fsp3) is 0.143. The molecule has 10 aromatic rings. The molecule has 1 aliphatic rings. The molecule has 2 aromatic heterocycles. The maximum absolute atomic E-state index is 2.80. The van der Waals surface area contributed by atoms with Crippen molar-refractivity contribution < 1.29 is 0 Å². The molecule has 11 rings (SSSR count). The van der Waals surface area contributed by atoms with Crippen LogP contribution in [-0.2, 0) is 10.8 Å². The quantitative estimate of drug-likeness (QED) is 0.158. The first kappa shape index (κ1) is 35.7. The molecule has 0 bridgehead atoms. The van der Waals surface area contributed by atoms with Gasteiger partial charge in [-0.3, -0.25) is 0 Å². The average molecular weight is 777 g/mol. The maximum atomic E-state index is 2.57. The highest BCUT2D eigenvalue weighted by molar-refractivity contribution is 7.21. The molecule has 3 heteroatoms. The monoisotopic (exact) mass is 776 g/mol. The molecule has 0 fully saturated rings. The standard InChI is InChI=1S/C56H48N2Si/c1-55(2,3)39-26-31-48-45(34-39)46-35-40(56(4,5)6)27-32-49(46)57(48)41-28-33-50-47(36-41)44-20-15-23-53-54(44)58(50)51-21-13-14-22-52(51)59(53,42-18-11-8-12-19-42)43-29-24-38(25-30-43)37-16-9-7-10-17-37/h7-36H,1-6H3. The number of benzene rings is 8. The summed E-state index contributed by atoms with van der Waals surface area (Å²) in [5.74, 6) is 0. The molecular formula is C56H48N2Si. The molecule has 8 aromatic carbocycles. The maximum Gasteiger partial charge on any atom is 0.184 e. The van der Waals surface area contributed by atoms with Gasteiger partial charge in [-0.05, 0) is 102 Å². The Morgan fingerprint density at radius 1 is 0.373 bits per heavy atom. The summed E-state index contributed by atoms with van der Waals surface area (Å²) in [5.41, 5.74) is 12.8. The van der Waals surface area contributed by atoms with E-state index in [1.165, 1.54) is 98.0 Å². The van der Waals surface area contributed by atoms with Gasteiger partial charge >= 0.3 is 0 Å². The second-order valence-electron chi connectivity index (χ2n) is 18.6. The first-order chi connectivity index (χ1) is 28.5. The van der Waals surface area contributed by atoms with Crippen molar-refractivity contribution in [3.05, 3.63) is 193 Å². The Hall–Kier alpha value is -6.42. The van der Waals surface area contributed by atoms with Gasteiger partial charge in [-0.2, -0.15) is 0 Å². The molecule has 0 N–H and O–H groups in total. The molecule has 1 atom stereocenters. The van der Waals surface area contributed by atoms with Crippen LogP contribution in [0, 0.1) is 0 Å². The third-order valence-electron chi connectivity index (χ3n) is 13.1. The van der Waals surface area contributed by atoms with Crippen LogP contribution in [0.15, 0.2) is 182 Å². The van der Waals surface area contributed by atoms with Crippen LogP contribution in [0.1, 0.15) is 52.7 Å². The molecule has 59 heavy (non-hydrogen) atoms. The van der Waals surface area contributed by atoms with E-state index in [9.17, 15) is 0 Å². The van der Waals surface area contributed by atoms with Gasteiger partial charge < -0.3 is 9.13 Å². The van der Waals surface area contributed by atoms with Gasteiger partial charge in [0.15, 0.2) is 8.07 Å². The molecular weight excluding hydrogens is 729 g/mol. The smallest absolute Gasteiger partial charge is 0.184 e. The van der Waals surface area contributed by atoms with Gasteiger partial charge in [0.05, 0.1) is 22.1 Å². The molecule has 1 aliphatic heterocycles. The normalized spacial score (nSPS) is 15.4. The average Bonchev–Trinajstić information content (AvgIpc) is 3.77. The van der Waals surface area contributed by atoms with Gasteiger partial charge in [0.25, 0.3) is 0 Å². The molecule has 0 amide bonds. The van der Waals surface area contributed by atoms with E-state index in [4.69, 9.17) is 0 Å². The number of rotatable bonds is 4. The largest absolute Gasteiger partial charge is 0.309 e. The van der Waals surface area contributed by atoms with E-state index in [-0.39, 0.29) is 10.8 Å². The third-order valence-corrected chi connectivity index (χ3v) is 18.0. The summed E-state index contributed by atoms with van der Waals surface area (Å²) in [6, 6.07) is 69.4. The van der Waals surface area contributed by atoms with E-state index in [1.54, 1.807) is 0 Å². The van der Waals surface area contributed by atoms with Crippen molar-refractivity contribution in [2.24, 2.45) is 0 Å². The van der Waals surface area contributed by atoms with Crippen LogP contribution in [0.3, 0.4) is 0 Å². The van der Waals surface area contributed by atoms with Crippen molar-refractivity contribution in [3.63, 3.8) is 0 Å². The van der Waals surface area contributed by atoms with Crippen LogP contribution >= 0.6 is 0 Å². The number of nitrogens with zero attached hydrogens (tertiary/aromatic N) is 2. The van der Waals surface area contributed by atoms with Gasteiger partial charge in [-0.1, -0.05) is 175 Å². The number of hydrogen-bond acceptors (Lipinski definition) is 0. The summed E-state index contributed by atoms with van der Waals surface area (Å²) < 4.78 is 5.07. The summed E-state index contributed by atoms with van der Waals surface area (Å²) in [6.07, 6.45) is 0. The van der Waals surface area contributed by atoms with Crippen molar-refractivity contribution in [3.8, 4) is 22.5 Å².